The van der Waals surface area contributed by atoms with Gasteiger partial charge in [-0.3, -0.25) is 9.59 Å². The van der Waals surface area contributed by atoms with Crippen molar-refractivity contribution in [2.45, 2.75) is 26.7 Å². The van der Waals surface area contributed by atoms with Crippen molar-refractivity contribution in [3.63, 3.8) is 0 Å². The van der Waals surface area contributed by atoms with E-state index in [2.05, 4.69) is 12.2 Å². The number of anilines is 1. The predicted molar refractivity (Wildman–Crippen MR) is 95.8 cm³/mol. The Morgan fingerprint density at radius 3 is 2.08 bits per heavy atom. The molecule has 0 atom stereocenters. The fourth-order valence-electron chi connectivity index (χ4n) is 2.34. The van der Waals surface area contributed by atoms with E-state index in [0.29, 0.717) is 16.8 Å². The lowest BCUT2D eigenvalue weighted by Gasteiger charge is -2.06. The highest BCUT2D eigenvalue weighted by Crippen LogP contribution is 2.11. The van der Waals surface area contributed by atoms with Crippen LogP contribution in [0.3, 0.4) is 0 Å². The van der Waals surface area contributed by atoms with Gasteiger partial charge in [0.1, 0.15) is 0 Å². The highest BCUT2D eigenvalue weighted by atomic mass is 16.5. The van der Waals surface area contributed by atoms with Crippen LogP contribution in [-0.2, 0) is 16.0 Å². The second-order valence-corrected chi connectivity index (χ2v) is 5.70. The van der Waals surface area contributed by atoms with Crippen molar-refractivity contribution in [2.24, 2.45) is 0 Å². The molecule has 2 aromatic carbocycles. The Hall–Kier alpha value is -2.95. The summed E-state index contributed by atoms with van der Waals surface area (Å²) < 4.78 is 5.07. The topological polar surface area (TPSA) is 72.5 Å². The highest BCUT2D eigenvalue weighted by Gasteiger charge is 2.12. The first-order valence-electron chi connectivity index (χ1n) is 8.16. The SMILES string of the molecule is CCCc1ccc(C(=O)COC(=O)c2ccc(NC(C)=O)cc2)cc1. The third-order valence-corrected chi connectivity index (χ3v) is 3.59. The molecular formula is C20H21NO4. The number of ketones is 1. The third kappa shape index (κ3) is 5.57. The quantitative estimate of drug-likeness (QED) is 0.617. The Morgan fingerprint density at radius 1 is 0.920 bits per heavy atom. The maximum atomic E-state index is 12.1. The van der Waals surface area contributed by atoms with Crippen molar-refractivity contribution in [1.29, 1.82) is 0 Å². The molecule has 0 bridgehead atoms. The van der Waals surface area contributed by atoms with Crippen molar-refractivity contribution in [3.8, 4) is 0 Å². The second kappa shape index (κ2) is 8.78. The zero-order valence-corrected chi connectivity index (χ0v) is 14.4. The molecule has 1 amide bonds. The van der Waals surface area contributed by atoms with Crippen LogP contribution in [0.1, 0.15) is 46.5 Å². The largest absolute Gasteiger partial charge is 0.454 e. The molecular weight excluding hydrogens is 318 g/mol. The summed E-state index contributed by atoms with van der Waals surface area (Å²) in [4.78, 5) is 35.1. The van der Waals surface area contributed by atoms with Crippen LogP contribution < -0.4 is 5.32 Å². The lowest BCUT2D eigenvalue weighted by molar-refractivity contribution is -0.114. The molecule has 130 valence electrons. The predicted octanol–water partition coefficient (Wildman–Crippen LogP) is 3.64. The molecule has 2 aromatic rings. The number of carbonyl (C=O) groups is 3. The van der Waals surface area contributed by atoms with E-state index in [9.17, 15) is 14.4 Å². The molecule has 0 heterocycles. The Labute approximate surface area is 147 Å². The number of nitrogens with one attached hydrogen (secondary N) is 1. The number of hydrogen-bond acceptors (Lipinski definition) is 4. The average molecular weight is 339 g/mol. The summed E-state index contributed by atoms with van der Waals surface area (Å²) in [6, 6.07) is 13.6. The fourth-order valence-corrected chi connectivity index (χ4v) is 2.34. The molecule has 5 nitrogen and oxygen atoms in total. The van der Waals surface area contributed by atoms with Gasteiger partial charge < -0.3 is 10.1 Å². The van der Waals surface area contributed by atoms with Crippen LogP contribution in [0, 0.1) is 0 Å². The first kappa shape index (κ1) is 18.4. The van der Waals surface area contributed by atoms with Gasteiger partial charge in [-0.15, -0.1) is 0 Å². The number of rotatable bonds is 7. The molecule has 0 saturated carbocycles. The number of esters is 1. The number of amides is 1. The molecule has 0 spiro atoms. The van der Waals surface area contributed by atoms with E-state index >= 15 is 0 Å². The zero-order valence-electron chi connectivity index (χ0n) is 14.4. The molecule has 25 heavy (non-hydrogen) atoms. The van der Waals surface area contributed by atoms with E-state index < -0.39 is 5.97 Å². The molecule has 0 saturated heterocycles. The van der Waals surface area contributed by atoms with Gasteiger partial charge >= 0.3 is 5.97 Å². The summed E-state index contributed by atoms with van der Waals surface area (Å²) in [6.45, 7) is 3.20. The van der Waals surface area contributed by atoms with Crippen LogP contribution in [0.4, 0.5) is 5.69 Å². The zero-order chi connectivity index (χ0) is 18.2. The van der Waals surface area contributed by atoms with E-state index in [1.165, 1.54) is 24.6 Å². The van der Waals surface area contributed by atoms with Gasteiger partial charge in [0.2, 0.25) is 5.91 Å². The Balaban J connectivity index is 1.90. The van der Waals surface area contributed by atoms with Gasteiger partial charge in [-0.25, -0.2) is 4.79 Å². The first-order valence-corrected chi connectivity index (χ1v) is 8.16. The van der Waals surface area contributed by atoms with E-state index in [1.54, 1.807) is 24.3 Å². The van der Waals surface area contributed by atoms with Crippen molar-refractivity contribution in [3.05, 3.63) is 65.2 Å². The Kier molecular flexibility index (Phi) is 6.46. The Morgan fingerprint density at radius 2 is 1.52 bits per heavy atom. The normalized spacial score (nSPS) is 10.2. The van der Waals surface area contributed by atoms with Gasteiger partial charge in [-0.1, -0.05) is 37.6 Å². The van der Waals surface area contributed by atoms with Gasteiger partial charge in [0.05, 0.1) is 5.56 Å². The number of carbonyl (C=O) groups excluding carboxylic acids is 3. The molecule has 0 fully saturated rings. The maximum Gasteiger partial charge on any atom is 0.338 e. The summed E-state index contributed by atoms with van der Waals surface area (Å²) >= 11 is 0. The smallest absolute Gasteiger partial charge is 0.338 e. The molecule has 0 radical (unpaired) electrons. The van der Waals surface area contributed by atoms with Crippen molar-refractivity contribution < 1.29 is 19.1 Å². The number of hydrogen-bond donors (Lipinski definition) is 1. The van der Waals surface area contributed by atoms with E-state index in [-0.39, 0.29) is 18.3 Å². The fraction of sp³-hybridized carbons (Fsp3) is 0.250. The van der Waals surface area contributed by atoms with Crippen LogP contribution in [0.15, 0.2) is 48.5 Å². The van der Waals surface area contributed by atoms with Gasteiger partial charge in [0.25, 0.3) is 0 Å². The number of Topliss-reactive ketones (excluding diaryl/α,β-unsaturated/α-hetero) is 1. The van der Waals surface area contributed by atoms with Crippen LogP contribution in [0.2, 0.25) is 0 Å². The molecule has 0 unspecified atom stereocenters. The van der Waals surface area contributed by atoms with Crippen LogP contribution in [0.5, 0.6) is 0 Å². The first-order chi connectivity index (χ1) is 12.0. The highest BCUT2D eigenvalue weighted by molar-refractivity contribution is 5.99. The van der Waals surface area contributed by atoms with E-state index in [0.717, 1.165) is 12.8 Å². The van der Waals surface area contributed by atoms with Gasteiger partial charge in [-0.05, 0) is 36.2 Å². The van der Waals surface area contributed by atoms with Crippen LogP contribution in [0.25, 0.3) is 0 Å². The summed E-state index contributed by atoms with van der Waals surface area (Å²) in [5.74, 6) is -1.01. The molecule has 0 aliphatic heterocycles. The minimum absolute atomic E-state index is 0.189. The van der Waals surface area contributed by atoms with Gasteiger partial charge in [-0.2, -0.15) is 0 Å². The monoisotopic (exact) mass is 339 g/mol. The molecule has 0 aliphatic carbocycles. The average Bonchev–Trinajstić information content (AvgIpc) is 2.60. The minimum atomic E-state index is -0.578. The molecule has 1 N–H and O–H groups in total. The van der Waals surface area contributed by atoms with E-state index in [4.69, 9.17) is 4.74 Å². The standard InChI is InChI=1S/C20H21NO4/c1-3-4-15-5-7-16(8-6-15)19(23)13-25-20(24)17-9-11-18(12-10-17)21-14(2)22/h5-12H,3-4,13H2,1-2H3,(H,21,22). The maximum absolute atomic E-state index is 12.1. The molecule has 0 aromatic heterocycles. The summed E-state index contributed by atoms with van der Waals surface area (Å²) in [5, 5.41) is 2.61. The molecule has 2 rings (SSSR count). The third-order valence-electron chi connectivity index (χ3n) is 3.59. The summed E-state index contributed by atoms with van der Waals surface area (Å²) in [5.41, 5.74) is 2.61. The summed E-state index contributed by atoms with van der Waals surface area (Å²) in [6.07, 6.45) is 2.02. The summed E-state index contributed by atoms with van der Waals surface area (Å²) in [7, 11) is 0. The minimum Gasteiger partial charge on any atom is -0.454 e. The number of benzene rings is 2. The second-order valence-electron chi connectivity index (χ2n) is 5.70. The van der Waals surface area contributed by atoms with Crippen molar-refractivity contribution >= 4 is 23.3 Å². The van der Waals surface area contributed by atoms with Gasteiger partial charge in [0.15, 0.2) is 12.4 Å². The van der Waals surface area contributed by atoms with Crippen molar-refractivity contribution in [1.82, 2.24) is 0 Å². The van der Waals surface area contributed by atoms with Gasteiger partial charge in [0, 0.05) is 18.2 Å². The van der Waals surface area contributed by atoms with Crippen molar-refractivity contribution in [2.75, 3.05) is 11.9 Å². The number of ether oxygens (including phenoxy) is 1. The molecule has 5 heteroatoms. The number of aryl methyl sites for hydroxylation is 1. The lowest BCUT2D eigenvalue weighted by Crippen LogP contribution is -2.14. The Bertz CT molecular complexity index is 748. The van der Waals surface area contributed by atoms with E-state index in [1.807, 2.05) is 12.1 Å². The van der Waals surface area contributed by atoms with Crippen LogP contribution >= 0.6 is 0 Å². The van der Waals surface area contributed by atoms with Crippen LogP contribution in [-0.4, -0.2) is 24.3 Å². The molecule has 0 aliphatic rings. The lowest BCUT2D eigenvalue weighted by atomic mass is 10.1.